The molecule has 6 heteroatoms. The fourth-order valence-corrected chi connectivity index (χ4v) is 2.56. The molecule has 1 aromatic carbocycles. The maximum Gasteiger partial charge on any atom is 0.261 e. The van der Waals surface area contributed by atoms with E-state index in [4.69, 9.17) is 10.5 Å². The van der Waals surface area contributed by atoms with Crippen LogP contribution in [0.5, 0.6) is 5.75 Å². The number of rotatable bonds is 7. The molecule has 1 amide bonds. The van der Waals surface area contributed by atoms with Gasteiger partial charge in [0.1, 0.15) is 5.75 Å². The minimum atomic E-state index is -0.518. The van der Waals surface area contributed by atoms with Gasteiger partial charge in [-0.05, 0) is 52.7 Å². The Morgan fingerprint density at radius 1 is 1.41 bits per heavy atom. The molecule has 1 fully saturated rings. The monoisotopic (exact) mass is 390 g/mol. The molecule has 22 heavy (non-hydrogen) atoms. The van der Waals surface area contributed by atoms with Gasteiger partial charge in [-0.1, -0.05) is 26.0 Å². The van der Waals surface area contributed by atoms with Crippen molar-refractivity contribution in [2.45, 2.75) is 38.8 Å². The SMILES string of the molecule is CC(C)C(Oc1ccccc1Br)C(=O)NCC(N)C1CC1.Cl. The van der Waals surface area contributed by atoms with E-state index in [9.17, 15) is 4.79 Å². The summed E-state index contributed by atoms with van der Waals surface area (Å²) in [6.45, 7) is 4.47. The van der Waals surface area contributed by atoms with Gasteiger partial charge >= 0.3 is 0 Å². The molecule has 1 aromatic rings. The minimum Gasteiger partial charge on any atom is -0.479 e. The molecule has 4 nitrogen and oxygen atoms in total. The van der Waals surface area contributed by atoms with E-state index in [-0.39, 0.29) is 30.3 Å². The minimum absolute atomic E-state index is 0. The summed E-state index contributed by atoms with van der Waals surface area (Å²) in [4.78, 5) is 12.3. The third kappa shape index (κ3) is 5.45. The van der Waals surface area contributed by atoms with Crippen molar-refractivity contribution in [1.29, 1.82) is 0 Å². The number of carbonyl (C=O) groups excluding carboxylic acids is 1. The van der Waals surface area contributed by atoms with Gasteiger partial charge in [0, 0.05) is 12.6 Å². The molecule has 0 saturated heterocycles. The summed E-state index contributed by atoms with van der Waals surface area (Å²) in [7, 11) is 0. The van der Waals surface area contributed by atoms with Crippen LogP contribution in [-0.2, 0) is 4.79 Å². The first kappa shape index (κ1) is 19.3. The van der Waals surface area contributed by atoms with E-state index < -0.39 is 6.10 Å². The van der Waals surface area contributed by atoms with Gasteiger partial charge in [0.05, 0.1) is 4.47 Å². The first-order valence-electron chi connectivity index (χ1n) is 7.43. The van der Waals surface area contributed by atoms with Crippen molar-refractivity contribution in [3.63, 3.8) is 0 Å². The molecular weight excluding hydrogens is 368 g/mol. The van der Waals surface area contributed by atoms with Gasteiger partial charge < -0.3 is 15.8 Å². The van der Waals surface area contributed by atoms with Gasteiger partial charge in [-0.3, -0.25) is 4.79 Å². The molecule has 0 heterocycles. The maximum absolute atomic E-state index is 12.3. The summed E-state index contributed by atoms with van der Waals surface area (Å²) in [5.74, 6) is 1.23. The Morgan fingerprint density at radius 2 is 2.05 bits per heavy atom. The molecule has 0 bridgehead atoms. The largest absolute Gasteiger partial charge is 0.479 e. The van der Waals surface area contributed by atoms with E-state index in [1.807, 2.05) is 38.1 Å². The average molecular weight is 392 g/mol. The fraction of sp³-hybridized carbons (Fsp3) is 0.562. The van der Waals surface area contributed by atoms with Gasteiger partial charge in [-0.15, -0.1) is 12.4 Å². The predicted molar refractivity (Wildman–Crippen MR) is 94.4 cm³/mol. The van der Waals surface area contributed by atoms with Gasteiger partial charge in [-0.25, -0.2) is 0 Å². The zero-order chi connectivity index (χ0) is 15.4. The molecule has 0 aliphatic heterocycles. The second-order valence-electron chi connectivity index (χ2n) is 5.96. The van der Waals surface area contributed by atoms with E-state index in [0.717, 1.165) is 4.47 Å². The molecular formula is C16H24BrClN2O2. The Kier molecular flexibility index (Phi) is 7.66. The summed E-state index contributed by atoms with van der Waals surface area (Å²) >= 11 is 3.44. The quantitative estimate of drug-likeness (QED) is 0.750. The summed E-state index contributed by atoms with van der Waals surface area (Å²) in [6.07, 6.45) is 1.84. The zero-order valence-corrected chi connectivity index (χ0v) is 15.3. The van der Waals surface area contributed by atoms with Gasteiger partial charge in [0.2, 0.25) is 0 Å². The van der Waals surface area contributed by atoms with Crippen LogP contribution in [0.25, 0.3) is 0 Å². The summed E-state index contributed by atoms with van der Waals surface area (Å²) in [6, 6.07) is 7.61. The Morgan fingerprint density at radius 3 is 2.59 bits per heavy atom. The van der Waals surface area contributed by atoms with Crippen LogP contribution in [0, 0.1) is 11.8 Å². The highest BCUT2D eigenvalue weighted by Crippen LogP contribution is 2.31. The zero-order valence-electron chi connectivity index (χ0n) is 12.9. The van der Waals surface area contributed by atoms with E-state index >= 15 is 0 Å². The standard InChI is InChI=1S/C16H23BrN2O2.ClH/c1-10(2)15(21-14-6-4-3-5-12(14)17)16(20)19-9-13(18)11-7-8-11;/h3-6,10-11,13,15H,7-9,18H2,1-2H3,(H,19,20);1H. The Bertz CT molecular complexity index is 495. The molecule has 3 N–H and O–H groups in total. The number of nitrogens with one attached hydrogen (secondary N) is 1. The number of halogens is 2. The second-order valence-corrected chi connectivity index (χ2v) is 6.81. The Balaban J connectivity index is 0.00000242. The number of carbonyl (C=O) groups is 1. The van der Waals surface area contributed by atoms with Crippen LogP contribution in [0.15, 0.2) is 28.7 Å². The van der Waals surface area contributed by atoms with Crippen molar-refractivity contribution in [1.82, 2.24) is 5.32 Å². The van der Waals surface area contributed by atoms with Crippen molar-refractivity contribution in [2.24, 2.45) is 17.6 Å². The number of nitrogens with two attached hydrogens (primary N) is 1. The summed E-state index contributed by atoms with van der Waals surface area (Å²) < 4.78 is 6.72. The number of hydrogen-bond donors (Lipinski definition) is 2. The highest BCUT2D eigenvalue weighted by Gasteiger charge is 2.30. The van der Waals surface area contributed by atoms with Crippen molar-refractivity contribution >= 4 is 34.2 Å². The number of amides is 1. The lowest BCUT2D eigenvalue weighted by Gasteiger charge is -2.23. The molecule has 0 radical (unpaired) electrons. The number of para-hydroxylation sites is 1. The summed E-state index contributed by atoms with van der Waals surface area (Å²) in [5.41, 5.74) is 6.02. The van der Waals surface area contributed by atoms with E-state index in [1.165, 1.54) is 12.8 Å². The van der Waals surface area contributed by atoms with Crippen LogP contribution in [0.3, 0.4) is 0 Å². The van der Waals surface area contributed by atoms with Crippen LogP contribution in [0.4, 0.5) is 0 Å². The van der Waals surface area contributed by atoms with Crippen LogP contribution < -0.4 is 15.8 Å². The Labute approximate surface area is 146 Å². The lowest BCUT2D eigenvalue weighted by Crippen LogP contribution is -2.46. The van der Waals surface area contributed by atoms with E-state index in [1.54, 1.807) is 0 Å². The molecule has 1 saturated carbocycles. The predicted octanol–water partition coefficient (Wildman–Crippen LogP) is 3.13. The molecule has 2 unspecified atom stereocenters. The van der Waals surface area contributed by atoms with Crippen LogP contribution in [-0.4, -0.2) is 24.6 Å². The Hall–Kier alpha value is -0.780. The van der Waals surface area contributed by atoms with Gasteiger partial charge in [-0.2, -0.15) is 0 Å². The molecule has 2 atom stereocenters. The first-order chi connectivity index (χ1) is 9.99. The summed E-state index contributed by atoms with van der Waals surface area (Å²) in [5, 5.41) is 2.92. The number of hydrogen-bond acceptors (Lipinski definition) is 3. The molecule has 2 rings (SSSR count). The lowest BCUT2D eigenvalue weighted by atomic mass is 10.1. The fourth-order valence-electron chi connectivity index (χ4n) is 2.18. The van der Waals surface area contributed by atoms with Gasteiger partial charge in [0.25, 0.3) is 5.91 Å². The highest BCUT2D eigenvalue weighted by atomic mass is 79.9. The second kappa shape index (κ2) is 8.75. The lowest BCUT2D eigenvalue weighted by molar-refractivity contribution is -0.129. The van der Waals surface area contributed by atoms with Crippen LogP contribution >= 0.6 is 28.3 Å². The van der Waals surface area contributed by atoms with Crippen molar-refractivity contribution in [2.75, 3.05) is 6.54 Å². The molecule has 124 valence electrons. The topological polar surface area (TPSA) is 64.3 Å². The molecule has 1 aliphatic rings. The molecule has 0 aromatic heterocycles. The smallest absolute Gasteiger partial charge is 0.261 e. The number of benzene rings is 1. The third-order valence-electron chi connectivity index (χ3n) is 3.69. The highest BCUT2D eigenvalue weighted by molar-refractivity contribution is 9.10. The first-order valence-corrected chi connectivity index (χ1v) is 8.22. The number of ether oxygens (including phenoxy) is 1. The molecule has 0 spiro atoms. The molecule has 1 aliphatic carbocycles. The normalized spacial score (nSPS) is 16.6. The van der Waals surface area contributed by atoms with Crippen molar-refractivity contribution < 1.29 is 9.53 Å². The maximum atomic E-state index is 12.3. The van der Waals surface area contributed by atoms with Crippen LogP contribution in [0.2, 0.25) is 0 Å². The van der Waals surface area contributed by atoms with Crippen molar-refractivity contribution in [3.05, 3.63) is 28.7 Å². The van der Waals surface area contributed by atoms with E-state index in [0.29, 0.717) is 18.2 Å². The van der Waals surface area contributed by atoms with Crippen molar-refractivity contribution in [3.8, 4) is 5.75 Å². The van der Waals surface area contributed by atoms with E-state index in [2.05, 4.69) is 21.2 Å². The van der Waals surface area contributed by atoms with Crippen LogP contribution in [0.1, 0.15) is 26.7 Å². The average Bonchev–Trinajstić information content (AvgIpc) is 3.27. The van der Waals surface area contributed by atoms with Gasteiger partial charge in [0.15, 0.2) is 6.10 Å². The third-order valence-corrected chi connectivity index (χ3v) is 4.35.